The zero-order valence-electron chi connectivity index (χ0n) is 33.7. The van der Waals surface area contributed by atoms with Crippen LogP contribution in [0.15, 0.2) is 150 Å². The van der Waals surface area contributed by atoms with Crippen molar-refractivity contribution in [2.75, 3.05) is 4.90 Å². The topological polar surface area (TPSA) is 16.4 Å². The molecule has 3 aliphatic rings. The standard InChI is InChI=1S/C55H49NO/c1-53(2,3)37-23-20-35(21-24-37)36-22-29-51-45(32-36)44-16-13-19-50(52(44)57-51)56(38-25-27-42-40-14-7-9-17-46(40)54(4,5)48(42)33-38)39-26-28-43-41-15-8-10-18-47(41)55(49(43)34-39)30-11-6-12-31-55/h7-10,13-29,32-34H,6,11-12,30-31H2,1-5H3. The second-order valence-electron chi connectivity index (χ2n) is 18.4. The van der Waals surface area contributed by atoms with Gasteiger partial charge in [-0.05, 0) is 122 Å². The Morgan fingerprint density at radius 2 is 1.12 bits per heavy atom. The molecule has 0 radical (unpaired) electrons. The van der Waals surface area contributed by atoms with Crippen molar-refractivity contribution in [2.45, 2.75) is 83.0 Å². The lowest BCUT2D eigenvalue weighted by Gasteiger charge is -2.36. The van der Waals surface area contributed by atoms with Crippen molar-refractivity contribution in [3.63, 3.8) is 0 Å². The van der Waals surface area contributed by atoms with Crippen LogP contribution in [-0.2, 0) is 16.2 Å². The lowest BCUT2D eigenvalue weighted by Crippen LogP contribution is -2.28. The highest BCUT2D eigenvalue weighted by Crippen LogP contribution is 2.58. The Balaban J connectivity index is 1.11. The Bertz CT molecular complexity index is 2890. The molecule has 8 aromatic rings. The summed E-state index contributed by atoms with van der Waals surface area (Å²) < 4.78 is 6.96. The van der Waals surface area contributed by atoms with E-state index in [1.54, 1.807) is 0 Å². The van der Waals surface area contributed by atoms with Crippen LogP contribution in [-0.4, -0.2) is 0 Å². The minimum Gasteiger partial charge on any atom is -0.454 e. The van der Waals surface area contributed by atoms with Crippen molar-refractivity contribution in [1.82, 2.24) is 0 Å². The number of hydrogen-bond donors (Lipinski definition) is 0. The molecule has 0 atom stereocenters. The van der Waals surface area contributed by atoms with Gasteiger partial charge in [0.2, 0.25) is 0 Å². The first-order chi connectivity index (χ1) is 27.6. The zero-order valence-corrected chi connectivity index (χ0v) is 33.7. The van der Waals surface area contributed by atoms with E-state index < -0.39 is 0 Å². The van der Waals surface area contributed by atoms with E-state index in [2.05, 4.69) is 185 Å². The van der Waals surface area contributed by atoms with Gasteiger partial charge in [0.1, 0.15) is 5.58 Å². The van der Waals surface area contributed by atoms with Gasteiger partial charge in [0.05, 0.1) is 5.69 Å². The van der Waals surface area contributed by atoms with E-state index >= 15 is 0 Å². The van der Waals surface area contributed by atoms with Crippen LogP contribution in [0.5, 0.6) is 0 Å². The molecule has 0 amide bonds. The molecule has 2 nitrogen and oxygen atoms in total. The van der Waals surface area contributed by atoms with Crippen LogP contribution in [0, 0.1) is 0 Å². The predicted molar refractivity (Wildman–Crippen MR) is 239 cm³/mol. The molecule has 0 saturated heterocycles. The van der Waals surface area contributed by atoms with Crippen molar-refractivity contribution in [3.8, 4) is 33.4 Å². The summed E-state index contributed by atoms with van der Waals surface area (Å²) in [5.74, 6) is 0. The Kier molecular flexibility index (Phi) is 7.43. The molecule has 1 heterocycles. The molecule has 280 valence electrons. The van der Waals surface area contributed by atoms with Gasteiger partial charge in [0, 0.05) is 33.0 Å². The van der Waals surface area contributed by atoms with E-state index in [1.165, 1.54) is 99.0 Å². The first-order valence-electron chi connectivity index (χ1n) is 21.0. The molecular formula is C55H49NO. The fraction of sp³-hybridized carbons (Fsp3) is 0.236. The van der Waals surface area contributed by atoms with Crippen LogP contribution >= 0.6 is 0 Å². The zero-order chi connectivity index (χ0) is 38.7. The third kappa shape index (κ3) is 5.09. The van der Waals surface area contributed by atoms with Crippen molar-refractivity contribution >= 4 is 39.0 Å². The number of rotatable bonds is 4. The number of para-hydroxylation sites is 1. The van der Waals surface area contributed by atoms with Crippen LogP contribution in [0.2, 0.25) is 0 Å². The smallest absolute Gasteiger partial charge is 0.159 e. The molecule has 57 heavy (non-hydrogen) atoms. The summed E-state index contributed by atoms with van der Waals surface area (Å²) in [6, 6.07) is 55.0. The van der Waals surface area contributed by atoms with Gasteiger partial charge in [-0.25, -0.2) is 0 Å². The van der Waals surface area contributed by atoms with E-state index in [0.717, 1.165) is 33.3 Å². The third-order valence-electron chi connectivity index (χ3n) is 13.8. The number of nitrogens with zero attached hydrogens (tertiary/aromatic N) is 1. The highest BCUT2D eigenvalue weighted by Gasteiger charge is 2.44. The van der Waals surface area contributed by atoms with Gasteiger partial charge in [-0.2, -0.15) is 0 Å². The van der Waals surface area contributed by atoms with Gasteiger partial charge >= 0.3 is 0 Å². The maximum atomic E-state index is 6.96. The molecule has 0 unspecified atom stereocenters. The van der Waals surface area contributed by atoms with Gasteiger partial charge in [-0.3, -0.25) is 0 Å². The fourth-order valence-electron chi connectivity index (χ4n) is 10.8. The number of benzene rings is 7. The molecule has 1 spiro atoms. The average Bonchev–Trinajstić information content (AvgIpc) is 3.82. The molecule has 11 rings (SSSR count). The maximum Gasteiger partial charge on any atom is 0.159 e. The van der Waals surface area contributed by atoms with Crippen molar-refractivity contribution < 1.29 is 4.42 Å². The average molecular weight is 740 g/mol. The molecule has 1 saturated carbocycles. The van der Waals surface area contributed by atoms with Gasteiger partial charge in [-0.1, -0.05) is 157 Å². The lowest BCUT2D eigenvalue weighted by atomic mass is 9.68. The molecule has 2 heteroatoms. The van der Waals surface area contributed by atoms with Gasteiger partial charge in [0.25, 0.3) is 0 Å². The van der Waals surface area contributed by atoms with Crippen LogP contribution in [0.1, 0.15) is 94.5 Å². The second kappa shape index (κ2) is 12.3. The Hall–Kier alpha value is -5.86. The summed E-state index contributed by atoms with van der Waals surface area (Å²) in [5, 5.41) is 2.27. The van der Waals surface area contributed by atoms with Gasteiger partial charge < -0.3 is 9.32 Å². The summed E-state index contributed by atoms with van der Waals surface area (Å²) in [5.41, 5.74) is 20.2. The van der Waals surface area contributed by atoms with Crippen LogP contribution in [0.4, 0.5) is 17.1 Å². The van der Waals surface area contributed by atoms with Crippen LogP contribution in [0.25, 0.3) is 55.3 Å². The quantitative estimate of drug-likeness (QED) is 0.179. The molecule has 0 aliphatic heterocycles. The maximum absolute atomic E-state index is 6.96. The molecular weight excluding hydrogens is 691 g/mol. The first kappa shape index (κ1) is 34.4. The largest absolute Gasteiger partial charge is 0.454 e. The number of hydrogen-bond acceptors (Lipinski definition) is 2. The van der Waals surface area contributed by atoms with E-state index in [-0.39, 0.29) is 16.2 Å². The van der Waals surface area contributed by atoms with E-state index in [1.807, 2.05) is 0 Å². The molecule has 0 bridgehead atoms. The van der Waals surface area contributed by atoms with E-state index in [9.17, 15) is 0 Å². The summed E-state index contributed by atoms with van der Waals surface area (Å²) >= 11 is 0. The number of fused-ring (bicyclic) bond motifs is 11. The van der Waals surface area contributed by atoms with Crippen LogP contribution < -0.4 is 4.90 Å². The normalized spacial score (nSPS) is 16.1. The van der Waals surface area contributed by atoms with Gasteiger partial charge in [0.15, 0.2) is 5.58 Å². The third-order valence-corrected chi connectivity index (χ3v) is 13.8. The summed E-state index contributed by atoms with van der Waals surface area (Å²) in [6.45, 7) is 11.6. The minimum atomic E-state index is -0.119. The molecule has 1 aromatic heterocycles. The van der Waals surface area contributed by atoms with Gasteiger partial charge in [-0.15, -0.1) is 0 Å². The summed E-state index contributed by atoms with van der Waals surface area (Å²) in [6.07, 6.45) is 6.25. The Morgan fingerprint density at radius 3 is 1.84 bits per heavy atom. The predicted octanol–water partition coefficient (Wildman–Crippen LogP) is 15.6. The van der Waals surface area contributed by atoms with Crippen molar-refractivity contribution in [3.05, 3.63) is 173 Å². The highest BCUT2D eigenvalue weighted by molar-refractivity contribution is 6.11. The Labute approximate surface area is 336 Å². The van der Waals surface area contributed by atoms with Crippen molar-refractivity contribution in [1.29, 1.82) is 0 Å². The van der Waals surface area contributed by atoms with E-state index in [4.69, 9.17) is 4.42 Å². The molecule has 7 aromatic carbocycles. The van der Waals surface area contributed by atoms with E-state index in [0.29, 0.717) is 0 Å². The lowest BCUT2D eigenvalue weighted by molar-refractivity contribution is 0.353. The minimum absolute atomic E-state index is 0.0558. The molecule has 0 N–H and O–H groups in total. The second-order valence-corrected chi connectivity index (χ2v) is 18.4. The highest BCUT2D eigenvalue weighted by atomic mass is 16.3. The first-order valence-corrected chi connectivity index (χ1v) is 21.0. The summed E-state index contributed by atoms with van der Waals surface area (Å²) in [4.78, 5) is 2.48. The molecule has 1 fully saturated rings. The Morgan fingerprint density at radius 1 is 0.509 bits per heavy atom. The SMILES string of the molecule is CC(C)(C)c1ccc(-c2ccc3oc4c(N(c5ccc6c(c5)C(C)(C)c5ccccc5-6)c5ccc6c(c5)C5(CCCCC5)c5ccccc5-6)cccc4c3c2)cc1. The fourth-order valence-corrected chi connectivity index (χ4v) is 10.8. The van der Waals surface area contributed by atoms with Crippen LogP contribution in [0.3, 0.4) is 0 Å². The molecule has 3 aliphatic carbocycles. The number of furan rings is 1. The number of anilines is 3. The summed E-state index contributed by atoms with van der Waals surface area (Å²) in [7, 11) is 0. The monoisotopic (exact) mass is 739 g/mol. The van der Waals surface area contributed by atoms with Crippen molar-refractivity contribution in [2.24, 2.45) is 0 Å².